The molecule has 1 aromatic carbocycles. The molecule has 1 atom stereocenters. The number of unbranched alkanes of at least 4 members (excludes halogenated alkanes) is 3. The second-order valence-corrected chi connectivity index (χ2v) is 5.39. The van der Waals surface area contributed by atoms with Gasteiger partial charge in [0.15, 0.2) is 0 Å². The van der Waals surface area contributed by atoms with Crippen molar-refractivity contribution in [2.45, 2.75) is 52.0 Å². The molecular weight excluding hydrogens is 250 g/mol. The van der Waals surface area contributed by atoms with Crippen LogP contribution in [0, 0.1) is 0 Å². The molecule has 0 radical (unpaired) electrons. The molecule has 0 bridgehead atoms. The Kier molecular flexibility index (Phi) is 4.88. The molecule has 0 fully saturated rings. The van der Waals surface area contributed by atoms with Gasteiger partial charge >= 0.3 is 0 Å². The van der Waals surface area contributed by atoms with Gasteiger partial charge in [-0.25, -0.2) is 4.98 Å². The molecule has 0 aliphatic rings. The van der Waals surface area contributed by atoms with Crippen molar-refractivity contribution in [3.05, 3.63) is 18.2 Å². The van der Waals surface area contributed by atoms with Crippen molar-refractivity contribution in [1.82, 2.24) is 9.55 Å². The highest BCUT2D eigenvalue weighted by atomic mass is 16.5. The Bertz CT molecular complexity index is 562. The Morgan fingerprint density at radius 3 is 2.80 bits per heavy atom. The normalized spacial score (nSPS) is 12.8. The number of methoxy groups -OCH3 is 1. The average Bonchev–Trinajstić information content (AvgIpc) is 2.78. The second kappa shape index (κ2) is 6.64. The lowest BCUT2D eigenvalue weighted by Crippen LogP contribution is -2.09. The van der Waals surface area contributed by atoms with Crippen LogP contribution in [0.2, 0.25) is 0 Å². The van der Waals surface area contributed by atoms with Gasteiger partial charge in [-0.05, 0) is 25.5 Å². The lowest BCUT2D eigenvalue weighted by molar-refractivity contribution is 0.415. The number of anilines is 1. The zero-order chi connectivity index (χ0) is 14.5. The van der Waals surface area contributed by atoms with Crippen LogP contribution >= 0.6 is 0 Å². The van der Waals surface area contributed by atoms with Gasteiger partial charge in [0.25, 0.3) is 0 Å². The molecule has 4 nitrogen and oxygen atoms in total. The predicted octanol–water partition coefficient (Wildman–Crippen LogP) is 4.16. The highest BCUT2D eigenvalue weighted by Gasteiger charge is 2.14. The van der Waals surface area contributed by atoms with E-state index in [0.29, 0.717) is 12.0 Å². The minimum Gasteiger partial charge on any atom is -0.497 e. The predicted molar refractivity (Wildman–Crippen MR) is 84.2 cm³/mol. The van der Waals surface area contributed by atoms with Gasteiger partial charge in [-0.2, -0.15) is 0 Å². The summed E-state index contributed by atoms with van der Waals surface area (Å²) in [6, 6.07) is 6.26. The van der Waals surface area contributed by atoms with Crippen LogP contribution in [0.4, 0.5) is 5.95 Å². The molecule has 0 saturated heterocycles. The first-order valence-electron chi connectivity index (χ1n) is 7.48. The molecule has 0 aliphatic carbocycles. The number of nitrogens with zero attached hydrogens (tertiary/aromatic N) is 2. The molecule has 110 valence electrons. The Labute approximate surface area is 120 Å². The monoisotopic (exact) mass is 275 g/mol. The largest absolute Gasteiger partial charge is 0.497 e. The fourth-order valence-corrected chi connectivity index (χ4v) is 2.68. The van der Waals surface area contributed by atoms with Crippen molar-refractivity contribution in [3.8, 4) is 5.75 Å². The van der Waals surface area contributed by atoms with Crippen molar-refractivity contribution in [2.24, 2.45) is 0 Å². The molecule has 0 saturated carbocycles. The third-order valence-corrected chi connectivity index (χ3v) is 3.84. The van der Waals surface area contributed by atoms with E-state index < -0.39 is 0 Å². The first-order chi connectivity index (χ1) is 9.67. The van der Waals surface area contributed by atoms with E-state index in [1.54, 1.807) is 7.11 Å². The summed E-state index contributed by atoms with van der Waals surface area (Å²) in [6.45, 7) is 4.44. The maximum Gasteiger partial charge on any atom is 0.201 e. The summed E-state index contributed by atoms with van der Waals surface area (Å²) in [5, 5.41) is 0. The van der Waals surface area contributed by atoms with Gasteiger partial charge < -0.3 is 15.0 Å². The molecule has 20 heavy (non-hydrogen) atoms. The molecule has 2 rings (SSSR count). The van der Waals surface area contributed by atoms with Crippen LogP contribution in [0.1, 0.15) is 52.0 Å². The SMILES string of the molecule is CCCCCCC(C)n1c(N)nc2ccc(OC)cc21. The Morgan fingerprint density at radius 2 is 2.10 bits per heavy atom. The first kappa shape index (κ1) is 14.7. The summed E-state index contributed by atoms with van der Waals surface area (Å²) in [6.07, 6.45) is 6.23. The van der Waals surface area contributed by atoms with Gasteiger partial charge in [-0.1, -0.05) is 32.6 Å². The van der Waals surface area contributed by atoms with Crippen LogP contribution in [-0.2, 0) is 0 Å². The molecule has 1 aromatic heterocycles. The molecule has 0 spiro atoms. The molecular formula is C16H25N3O. The molecule has 4 heteroatoms. The number of fused-ring (bicyclic) bond motifs is 1. The fraction of sp³-hybridized carbons (Fsp3) is 0.562. The minimum absolute atomic E-state index is 0.365. The number of hydrogen-bond donors (Lipinski definition) is 1. The highest BCUT2D eigenvalue weighted by Crippen LogP contribution is 2.28. The maximum absolute atomic E-state index is 6.09. The van der Waals surface area contributed by atoms with E-state index in [2.05, 4.69) is 23.4 Å². The molecule has 1 heterocycles. The van der Waals surface area contributed by atoms with E-state index in [-0.39, 0.29) is 0 Å². The number of rotatable bonds is 7. The summed E-state index contributed by atoms with van der Waals surface area (Å²) < 4.78 is 7.43. The zero-order valence-electron chi connectivity index (χ0n) is 12.7. The Morgan fingerprint density at radius 1 is 1.30 bits per heavy atom. The summed E-state index contributed by atoms with van der Waals surface area (Å²) in [7, 11) is 1.68. The summed E-state index contributed by atoms with van der Waals surface area (Å²) in [5.41, 5.74) is 8.08. The Balaban J connectivity index is 2.21. The van der Waals surface area contributed by atoms with E-state index >= 15 is 0 Å². The quantitative estimate of drug-likeness (QED) is 0.772. The van der Waals surface area contributed by atoms with Crippen LogP contribution in [0.15, 0.2) is 18.2 Å². The second-order valence-electron chi connectivity index (χ2n) is 5.39. The number of nitrogen functional groups attached to an aromatic ring is 1. The Hall–Kier alpha value is -1.71. The van der Waals surface area contributed by atoms with Gasteiger partial charge in [-0.15, -0.1) is 0 Å². The van der Waals surface area contributed by atoms with Gasteiger partial charge in [0, 0.05) is 12.1 Å². The number of hydrogen-bond acceptors (Lipinski definition) is 3. The maximum atomic E-state index is 6.09. The number of aromatic nitrogens is 2. The van der Waals surface area contributed by atoms with Gasteiger partial charge in [0.05, 0.1) is 18.1 Å². The summed E-state index contributed by atoms with van der Waals surface area (Å²) >= 11 is 0. The standard InChI is InChI=1S/C16H25N3O/c1-4-5-6-7-8-12(2)19-15-11-13(20-3)9-10-14(15)18-16(19)17/h9-12H,4-8H2,1-3H3,(H2,17,18). The third-order valence-electron chi connectivity index (χ3n) is 3.84. The smallest absolute Gasteiger partial charge is 0.201 e. The molecule has 2 N–H and O–H groups in total. The highest BCUT2D eigenvalue weighted by molar-refractivity contribution is 5.80. The molecule has 2 aromatic rings. The van der Waals surface area contributed by atoms with Crippen LogP contribution in [0.5, 0.6) is 5.75 Å². The van der Waals surface area contributed by atoms with Crippen molar-refractivity contribution in [1.29, 1.82) is 0 Å². The lowest BCUT2D eigenvalue weighted by atomic mass is 10.1. The molecule has 1 unspecified atom stereocenters. The van der Waals surface area contributed by atoms with Gasteiger partial charge in [-0.3, -0.25) is 0 Å². The molecule has 0 aliphatic heterocycles. The van der Waals surface area contributed by atoms with Gasteiger partial charge in [0.1, 0.15) is 5.75 Å². The van der Waals surface area contributed by atoms with E-state index in [0.717, 1.165) is 23.2 Å². The van der Waals surface area contributed by atoms with Gasteiger partial charge in [0.2, 0.25) is 5.95 Å². The number of ether oxygens (including phenoxy) is 1. The van der Waals surface area contributed by atoms with Crippen LogP contribution in [-0.4, -0.2) is 16.7 Å². The molecule has 0 amide bonds. The topological polar surface area (TPSA) is 53.1 Å². The zero-order valence-corrected chi connectivity index (χ0v) is 12.7. The van der Waals surface area contributed by atoms with E-state index in [4.69, 9.17) is 10.5 Å². The average molecular weight is 275 g/mol. The number of benzene rings is 1. The minimum atomic E-state index is 0.365. The fourth-order valence-electron chi connectivity index (χ4n) is 2.68. The van der Waals surface area contributed by atoms with Crippen LogP contribution < -0.4 is 10.5 Å². The van der Waals surface area contributed by atoms with E-state index in [1.165, 1.54) is 25.7 Å². The van der Waals surface area contributed by atoms with E-state index in [9.17, 15) is 0 Å². The third kappa shape index (κ3) is 3.06. The van der Waals surface area contributed by atoms with Crippen LogP contribution in [0.25, 0.3) is 11.0 Å². The van der Waals surface area contributed by atoms with Crippen molar-refractivity contribution in [3.63, 3.8) is 0 Å². The first-order valence-corrected chi connectivity index (χ1v) is 7.48. The number of nitrogens with two attached hydrogens (primary N) is 1. The van der Waals surface area contributed by atoms with Crippen molar-refractivity contribution >= 4 is 17.0 Å². The van der Waals surface area contributed by atoms with Crippen molar-refractivity contribution < 1.29 is 4.74 Å². The van der Waals surface area contributed by atoms with Crippen molar-refractivity contribution in [2.75, 3.05) is 12.8 Å². The van der Waals surface area contributed by atoms with E-state index in [1.807, 2.05) is 18.2 Å². The lowest BCUT2D eigenvalue weighted by Gasteiger charge is -2.16. The van der Waals surface area contributed by atoms with Crippen LogP contribution in [0.3, 0.4) is 0 Å². The summed E-state index contributed by atoms with van der Waals surface area (Å²) in [4.78, 5) is 4.44. The summed E-state index contributed by atoms with van der Waals surface area (Å²) in [5.74, 6) is 1.44. The number of imidazole rings is 1.